The van der Waals surface area contributed by atoms with E-state index in [4.69, 9.17) is 0 Å². The van der Waals surface area contributed by atoms with Crippen LogP contribution in [0.1, 0.15) is 34.3 Å². The monoisotopic (exact) mass is 382 g/mol. The lowest BCUT2D eigenvalue weighted by atomic mass is 9.95. The number of nitro benzene ring substituents is 1. The number of piperidine rings is 1. The van der Waals surface area contributed by atoms with Gasteiger partial charge in [-0.25, -0.2) is 0 Å². The summed E-state index contributed by atoms with van der Waals surface area (Å²) in [7, 11) is 0. The van der Waals surface area contributed by atoms with Crippen molar-refractivity contribution < 1.29 is 14.5 Å². The van der Waals surface area contributed by atoms with E-state index < -0.39 is 4.92 Å². The van der Waals surface area contributed by atoms with Gasteiger partial charge in [0.25, 0.3) is 11.6 Å². The van der Waals surface area contributed by atoms with Crippen molar-refractivity contribution in [1.82, 2.24) is 15.2 Å². The third-order valence-electron chi connectivity index (χ3n) is 5.07. The van der Waals surface area contributed by atoms with Gasteiger partial charge in [0.1, 0.15) is 0 Å². The summed E-state index contributed by atoms with van der Waals surface area (Å²) < 4.78 is 0. The number of pyridine rings is 1. The maximum Gasteiger partial charge on any atom is 0.273 e. The fraction of sp³-hybridized carbons (Fsp3) is 0.350. The van der Waals surface area contributed by atoms with Gasteiger partial charge in [0.2, 0.25) is 5.91 Å². The number of nitro groups is 1. The lowest BCUT2D eigenvalue weighted by molar-refractivity contribution is -0.385. The summed E-state index contributed by atoms with van der Waals surface area (Å²) in [4.78, 5) is 41.4. The molecule has 1 fully saturated rings. The number of aromatic nitrogens is 1. The van der Waals surface area contributed by atoms with E-state index in [1.54, 1.807) is 30.3 Å². The molecule has 8 nitrogen and oxygen atoms in total. The minimum Gasteiger partial charge on any atom is -0.352 e. The fourth-order valence-corrected chi connectivity index (χ4v) is 3.40. The maximum absolute atomic E-state index is 12.8. The van der Waals surface area contributed by atoms with E-state index in [1.165, 1.54) is 12.1 Å². The number of hydrogen-bond donors (Lipinski definition) is 1. The van der Waals surface area contributed by atoms with Crippen molar-refractivity contribution in [2.45, 2.75) is 26.3 Å². The molecule has 2 heterocycles. The van der Waals surface area contributed by atoms with Crippen LogP contribution in [0.15, 0.2) is 42.7 Å². The molecule has 3 rings (SSSR count). The second-order valence-electron chi connectivity index (χ2n) is 6.85. The van der Waals surface area contributed by atoms with Gasteiger partial charge in [0, 0.05) is 55.1 Å². The zero-order valence-electron chi connectivity index (χ0n) is 15.6. The third-order valence-corrected chi connectivity index (χ3v) is 5.07. The largest absolute Gasteiger partial charge is 0.352 e. The molecule has 1 aliphatic rings. The van der Waals surface area contributed by atoms with E-state index in [0.29, 0.717) is 43.6 Å². The molecule has 146 valence electrons. The number of nitrogens with one attached hydrogen (secondary N) is 1. The summed E-state index contributed by atoms with van der Waals surface area (Å²) in [6.45, 7) is 2.92. The molecule has 0 radical (unpaired) electrons. The van der Waals surface area contributed by atoms with Crippen LogP contribution in [0.4, 0.5) is 5.69 Å². The average molecular weight is 382 g/mol. The molecule has 0 atom stereocenters. The molecule has 0 aliphatic carbocycles. The van der Waals surface area contributed by atoms with Gasteiger partial charge in [-0.1, -0.05) is 12.1 Å². The van der Waals surface area contributed by atoms with Crippen LogP contribution in [0, 0.1) is 23.0 Å². The molecular weight excluding hydrogens is 360 g/mol. The zero-order chi connectivity index (χ0) is 20.1. The zero-order valence-corrected chi connectivity index (χ0v) is 15.6. The predicted molar refractivity (Wildman–Crippen MR) is 103 cm³/mol. The normalized spacial score (nSPS) is 14.5. The van der Waals surface area contributed by atoms with Crippen LogP contribution in [0.3, 0.4) is 0 Å². The van der Waals surface area contributed by atoms with Crippen molar-refractivity contribution in [3.05, 3.63) is 69.5 Å². The van der Waals surface area contributed by atoms with Crippen molar-refractivity contribution in [3.63, 3.8) is 0 Å². The smallest absolute Gasteiger partial charge is 0.273 e. The Morgan fingerprint density at radius 3 is 2.64 bits per heavy atom. The Hall–Kier alpha value is -3.29. The molecule has 28 heavy (non-hydrogen) atoms. The first-order chi connectivity index (χ1) is 13.5. The Morgan fingerprint density at radius 1 is 1.25 bits per heavy atom. The first-order valence-corrected chi connectivity index (χ1v) is 9.17. The highest BCUT2D eigenvalue weighted by Crippen LogP contribution is 2.25. The van der Waals surface area contributed by atoms with Crippen molar-refractivity contribution in [3.8, 4) is 0 Å². The molecule has 2 amide bonds. The third kappa shape index (κ3) is 4.33. The number of benzene rings is 1. The van der Waals surface area contributed by atoms with Crippen molar-refractivity contribution >= 4 is 17.5 Å². The lowest BCUT2D eigenvalue weighted by Gasteiger charge is -2.31. The predicted octanol–water partition coefficient (Wildman–Crippen LogP) is 2.47. The van der Waals surface area contributed by atoms with Crippen LogP contribution in [-0.4, -0.2) is 39.7 Å². The quantitative estimate of drug-likeness (QED) is 0.632. The molecule has 8 heteroatoms. The van der Waals surface area contributed by atoms with Crippen molar-refractivity contribution in [2.24, 2.45) is 5.92 Å². The number of nitrogens with zero attached hydrogens (tertiary/aromatic N) is 3. The average Bonchev–Trinajstić information content (AvgIpc) is 2.72. The molecule has 1 N–H and O–H groups in total. The minimum absolute atomic E-state index is 0.0255. The highest BCUT2D eigenvalue weighted by atomic mass is 16.6. The first kappa shape index (κ1) is 19.5. The lowest BCUT2D eigenvalue weighted by Crippen LogP contribution is -2.43. The van der Waals surface area contributed by atoms with E-state index in [0.717, 1.165) is 5.56 Å². The minimum atomic E-state index is -0.481. The maximum atomic E-state index is 12.8. The Morgan fingerprint density at radius 2 is 2.00 bits per heavy atom. The number of rotatable bonds is 5. The van der Waals surface area contributed by atoms with Gasteiger partial charge in [-0.3, -0.25) is 24.7 Å². The van der Waals surface area contributed by atoms with Crippen LogP contribution in [0.5, 0.6) is 0 Å². The second-order valence-corrected chi connectivity index (χ2v) is 6.85. The first-order valence-electron chi connectivity index (χ1n) is 9.17. The molecule has 0 unspecified atom stereocenters. The molecular formula is C20H22N4O4. The van der Waals surface area contributed by atoms with E-state index in [2.05, 4.69) is 10.3 Å². The van der Waals surface area contributed by atoms with Gasteiger partial charge in [-0.05, 0) is 37.5 Å². The van der Waals surface area contributed by atoms with Gasteiger partial charge in [-0.15, -0.1) is 0 Å². The SMILES string of the molecule is Cc1c(C(=O)N2CCC(C(=O)NCc3cccnc3)CC2)cccc1[N+](=O)[O-]. The Balaban J connectivity index is 1.56. The van der Waals surface area contributed by atoms with E-state index in [1.807, 2.05) is 12.1 Å². The van der Waals surface area contributed by atoms with Crippen LogP contribution < -0.4 is 5.32 Å². The molecule has 1 aliphatic heterocycles. The molecule has 0 spiro atoms. The summed E-state index contributed by atoms with van der Waals surface area (Å²) in [6.07, 6.45) is 4.53. The van der Waals surface area contributed by atoms with Crippen LogP contribution >= 0.6 is 0 Å². The summed E-state index contributed by atoms with van der Waals surface area (Å²) in [5, 5.41) is 14.0. The molecule has 1 aromatic carbocycles. The van der Waals surface area contributed by atoms with E-state index in [-0.39, 0.29) is 23.4 Å². The summed E-state index contributed by atoms with van der Waals surface area (Å²) in [6, 6.07) is 8.25. The molecule has 1 aromatic heterocycles. The van der Waals surface area contributed by atoms with Crippen LogP contribution in [0.2, 0.25) is 0 Å². The van der Waals surface area contributed by atoms with Crippen molar-refractivity contribution in [2.75, 3.05) is 13.1 Å². The molecule has 1 saturated heterocycles. The summed E-state index contributed by atoms with van der Waals surface area (Å²) in [5.41, 5.74) is 1.59. The topological polar surface area (TPSA) is 105 Å². The fourth-order valence-electron chi connectivity index (χ4n) is 3.40. The Labute approximate surface area is 162 Å². The van der Waals surface area contributed by atoms with Crippen molar-refractivity contribution in [1.29, 1.82) is 0 Å². The molecule has 0 saturated carbocycles. The number of likely N-dealkylation sites (tertiary alicyclic amines) is 1. The molecule has 2 aromatic rings. The van der Waals surface area contributed by atoms with Gasteiger partial charge >= 0.3 is 0 Å². The van der Waals surface area contributed by atoms with E-state index in [9.17, 15) is 19.7 Å². The molecule has 0 bridgehead atoms. The van der Waals surface area contributed by atoms with Gasteiger partial charge < -0.3 is 10.2 Å². The number of hydrogen-bond acceptors (Lipinski definition) is 5. The van der Waals surface area contributed by atoms with Crippen LogP contribution in [0.25, 0.3) is 0 Å². The van der Waals surface area contributed by atoms with E-state index >= 15 is 0 Å². The van der Waals surface area contributed by atoms with Gasteiger partial charge in [0.05, 0.1) is 4.92 Å². The number of carbonyl (C=O) groups excluding carboxylic acids is 2. The highest BCUT2D eigenvalue weighted by Gasteiger charge is 2.29. The second kappa shape index (κ2) is 8.60. The number of carbonyl (C=O) groups is 2. The standard InChI is InChI=1S/C20H22N4O4/c1-14-17(5-2-6-18(14)24(27)28)20(26)23-10-7-16(8-11-23)19(25)22-13-15-4-3-9-21-12-15/h2-6,9,12,16H,7-8,10-11,13H2,1H3,(H,22,25). The Kier molecular flexibility index (Phi) is 5.98. The van der Waals surface area contributed by atoms with Gasteiger partial charge in [0.15, 0.2) is 0 Å². The summed E-state index contributed by atoms with van der Waals surface area (Å²) >= 11 is 0. The Bertz CT molecular complexity index is 877. The van der Waals surface area contributed by atoms with Gasteiger partial charge in [-0.2, -0.15) is 0 Å². The highest BCUT2D eigenvalue weighted by molar-refractivity contribution is 5.96. The number of amides is 2. The summed E-state index contributed by atoms with van der Waals surface area (Å²) in [5.74, 6) is -0.398. The van der Waals surface area contributed by atoms with Crippen LogP contribution in [-0.2, 0) is 11.3 Å².